The molecule has 2 bridgehead atoms. The van der Waals surface area contributed by atoms with Crippen molar-refractivity contribution in [2.75, 3.05) is 5.32 Å². The number of ether oxygens (including phenoxy) is 1. The fraction of sp³-hybridized carbons (Fsp3) is 0.440. The van der Waals surface area contributed by atoms with Crippen LogP contribution in [0.5, 0.6) is 0 Å². The molecule has 38 heavy (non-hydrogen) atoms. The summed E-state index contributed by atoms with van der Waals surface area (Å²) in [6.07, 6.45) is 8.05. The number of fused-ring (bicyclic) bond motifs is 1. The SMILES string of the molecule is Cc1cn(-c2cnc(Nc3cc([C@H]4CC[C@@H](OC(=O)NC56CC(C5)C6)[C@H]4F)[nH]n3)n3cc(C#N)nc23)cn1. The third-order valence-corrected chi connectivity index (χ3v) is 7.98. The number of aromatic nitrogens is 7. The standard InChI is InChI=1S/C25H25FN10O2/c1-13-10-35(12-29-13)18-9-28-23(36-11-15(8-27)30-22(18)36)31-20-4-17(33-34-20)16-2-3-19(21(16)26)38-24(37)32-25-5-14(6-25)7-25/h4,9-12,14,16,19,21H,2-3,5-7H2,1H3,(H,32,37)(H2,28,31,33,34)/t14?,16-,19-,21+,25?/m1/s1. The maximum atomic E-state index is 15.3. The van der Waals surface area contributed by atoms with Crippen molar-refractivity contribution in [1.29, 1.82) is 5.26 Å². The number of rotatable bonds is 6. The summed E-state index contributed by atoms with van der Waals surface area (Å²) in [7, 11) is 0. The third kappa shape index (κ3) is 3.67. The summed E-state index contributed by atoms with van der Waals surface area (Å²) < 4.78 is 24.2. The van der Waals surface area contributed by atoms with E-state index in [1.807, 2.05) is 13.1 Å². The number of hydrogen-bond donors (Lipinski definition) is 3. The van der Waals surface area contributed by atoms with Crippen LogP contribution in [0.25, 0.3) is 11.3 Å². The summed E-state index contributed by atoms with van der Waals surface area (Å²) in [6.45, 7) is 1.88. The third-order valence-electron chi connectivity index (χ3n) is 7.98. The van der Waals surface area contributed by atoms with E-state index in [9.17, 15) is 10.1 Å². The molecular weight excluding hydrogens is 491 g/mol. The predicted molar refractivity (Wildman–Crippen MR) is 132 cm³/mol. The highest BCUT2D eigenvalue weighted by Gasteiger charge is 2.58. The van der Waals surface area contributed by atoms with E-state index in [0.29, 0.717) is 41.6 Å². The van der Waals surface area contributed by atoms with E-state index in [1.165, 1.54) is 0 Å². The van der Waals surface area contributed by atoms with Crippen LogP contribution < -0.4 is 10.6 Å². The van der Waals surface area contributed by atoms with E-state index in [1.54, 1.807) is 33.8 Å². The van der Waals surface area contributed by atoms with Crippen molar-refractivity contribution in [1.82, 2.24) is 39.4 Å². The van der Waals surface area contributed by atoms with Crippen molar-refractivity contribution < 1.29 is 13.9 Å². The monoisotopic (exact) mass is 516 g/mol. The number of alkyl carbamates (subject to hydrolysis) is 1. The summed E-state index contributed by atoms with van der Waals surface area (Å²) >= 11 is 0. The number of carbonyl (C=O) groups excluding carboxylic acids is 1. The fourth-order valence-corrected chi connectivity index (χ4v) is 5.94. The largest absolute Gasteiger partial charge is 0.443 e. The van der Waals surface area contributed by atoms with Crippen LogP contribution in [0, 0.1) is 24.2 Å². The summed E-state index contributed by atoms with van der Waals surface area (Å²) in [6, 6.07) is 3.79. The number of carbonyl (C=O) groups is 1. The molecule has 4 saturated carbocycles. The Hall–Kier alpha value is -4.47. The van der Waals surface area contributed by atoms with Crippen LogP contribution in [0.15, 0.2) is 31.0 Å². The summed E-state index contributed by atoms with van der Waals surface area (Å²) in [5.74, 6) is 1.09. The zero-order chi connectivity index (χ0) is 26.0. The van der Waals surface area contributed by atoms with Gasteiger partial charge in [-0.25, -0.2) is 24.1 Å². The van der Waals surface area contributed by atoms with E-state index < -0.39 is 24.3 Å². The van der Waals surface area contributed by atoms with Crippen LogP contribution in [0.3, 0.4) is 0 Å². The van der Waals surface area contributed by atoms with Crippen LogP contribution in [0.4, 0.5) is 21.0 Å². The molecule has 0 spiro atoms. The number of nitriles is 1. The van der Waals surface area contributed by atoms with Crippen LogP contribution >= 0.6 is 0 Å². The number of anilines is 2. The zero-order valence-electron chi connectivity index (χ0n) is 20.6. The van der Waals surface area contributed by atoms with E-state index >= 15 is 4.39 Å². The van der Waals surface area contributed by atoms with Gasteiger partial charge in [0.15, 0.2) is 17.2 Å². The van der Waals surface area contributed by atoms with Gasteiger partial charge in [0.25, 0.3) is 0 Å². The van der Waals surface area contributed by atoms with Gasteiger partial charge in [-0.15, -0.1) is 0 Å². The van der Waals surface area contributed by atoms with Crippen molar-refractivity contribution in [3.63, 3.8) is 0 Å². The molecule has 8 rings (SSSR count). The molecule has 4 heterocycles. The number of imidazole rings is 2. The van der Waals surface area contributed by atoms with Gasteiger partial charge in [-0.3, -0.25) is 9.50 Å². The lowest BCUT2D eigenvalue weighted by Crippen LogP contribution is -2.68. The maximum absolute atomic E-state index is 15.3. The van der Waals surface area contributed by atoms with Crippen LogP contribution in [-0.2, 0) is 4.74 Å². The molecule has 0 radical (unpaired) electrons. The van der Waals surface area contributed by atoms with E-state index in [-0.39, 0.29) is 11.2 Å². The summed E-state index contributed by atoms with van der Waals surface area (Å²) in [5.41, 5.74) is 2.75. The molecule has 0 saturated heterocycles. The lowest BCUT2D eigenvalue weighted by atomic mass is 9.50. The van der Waals surface area contributed by atoms with Gasteiger partial charge in [-0.2, -0.15) is 10.4 Å². The number of halogens is 1. The van der Waals surface area contributed by atoms with E-state index in [2.05, 4.69) is 41.9 Å². The first-order valence-electron chi connectivity index (χ1n) is 12.6. The van der Waals surface area contributed by atoms with Gasteiger partial charge in [0, 0.05) is 29.4 Å². The molecule has 4 aliphatic carbocycles. The number of aromatic amines is 1. The number of H-pyrrole nitrogens is 1. The molecule has 0 unspecified atom stereocenters. The van der Waals surface area contributed by atoms with Crippen LogP contribution in [-0.4, -0.2) is 58.0 Å². The second-order valence-electron chi connectivity index (χ2n) is 10.6. The van der Waals surface area contributed by atoms with Crippen molar-refractivity contribution in [2.24, 2.45) is 5.92 Å². The number of alkyl halides is 1. The second kappa shape index (κ2) is 8.27. The van der Waals surface area contributed by atoms with Gasteiger partial charge in [-0.1, -0.05) is 0 Å². The van der Waals surface area contributed by atoms with Gasteiger partial charge in [0.1, 0.15) is 24.0 Å². The number of hydrogen-bond acceptors (Lipinski definition) is 8. The molecule has 3 atom stereocenters. The first kappa shape index (κ1) is 22.7. The first-order chi connectivity index (χ1) is 18.4. The molecule has 13 heteroatoms. The quantitative estimate of drug-likeness (QED) is 0.353. The molecule has 4 aromatic heterocycles. The molecule has 12 nitrogen and oxygen atoms in total. The van der Waals surface area contributed by atoms with Crippen molar-refractivity contribution in [3.8, 4) is 11.8 Å². The Labute approximate surface area is 216 Å². The first-order valence-corrected chi connectivity index (χ1v) is 12.6. The minimum Gasteiger partial charge on any atom is -0.443 e. The second-order valence-corrected chi connectivity index (χ2v) is 10.6. The van der Waals surface area contributed by atoms with Gasteiger partial charge in [-0.05, 0) is 44.9 Å². The minimum absolute atomic E-state index is 0.103. The average Bonchev–Trinajstić information content (AvgIpc) is 3.64. The number of aryl methyl sites for hydroxylation is 1. The van der Waals surface area contributed by atoms with Crippen LogP contribution in [0.2, 0.25) is 0 Å². The van der Waals surface area contributed by atoms with Crippen LogP contribution in [0.1, 0.15) is 55.1 Å². The maximum Gasteiger partial charge on any atom is 0.407 e. The van der Waals surface area contributed by atoms with Gasteiger partial charge < -0.3 is 19.9 Å². The molecule has 194 valence electrons. The Kier molecular flexibility index (Phi) is 4.94. The topological polar surface area (TPSA) is 151 Å². The van der Waals surface area contributed by atoms with Gasteiger partial charge >= 0.3 is 6.09 Å². The minimum atomic E-state index is -1.34. The number of amides is 1. The normalized spacial score (nSPS) is 27.4. The molecule has 1 amide bonds. The Bertz CT molecular complexity index is 1580. The van der Waals surface area contributed by atoms with Gasteiger partial charge in [0.05, 0.1) is 24.4 Å². The Morgan fingerprint density at radius 1 is 1.29 bits per heavy atom. The molecule has 4 fully saturated rings. The highest BCUT2D eigenvalue weighted by molar-refractivity contribution is 5.69. The molecular formula is C25H25FN10O2. The average molecular weight is 517 g/mol. The predicted octanol–water partition coefficient (Wildman–Crippen LogP) is 3.42. The van der Waals surface area contributed by atoms with E-state index in [0.717, 1.165) is 30.9 Å². The van der Waals surface area contributed by atoms with Crippen molar-refractivity contribution in [3.05, 3.63) is 48.1 Å². The highest BCUT2D eigenvalue weighted by Crippen LogP contribution is 2.57. The zero-order valence-corrected chi connectivity index (χ0v) is 20.6. The lowest BCUT2D eigenvalue weighted by Gasteiger charge is -2.61. The molecule has 0 aromatic carbocycles. The van der Waals surface area contributed by atoms with Crippen molar-refractivity contribution in [2.45, 2.75) is 62.8 Å². The summed E-state index contributed by atoms with van der Waals surface area (Å²) in [4.78, 5) is 25.5. The molecule has 4 aliphatic rings. The Morgan fingerprint density at radius 3 is 2.84 bits per heavy atom. The fourth-order valence-electron chi connectivity index (χ4n) is 5.94. The smallest absolute Gasteiger partial charge is 0.407 e. The molecule has 4 aromatic rings. The lowest BCUT2D eigenvalue weighted by molar-refractivity contribution is -0.0532. The highest BCUT2D eigenvalue weighted by atomic mass is 19.1. The Morgan fingerprint density at radius 2 is 2.13 bits per heavy atom. The number of nitrogens with zero attached hydrogens (tertiary/aromatic N) is 7. The van der Waals surface area contributed by atoms with E-state index in [4.69, 9.17) is 4.74 Å². The number of nitrogens with one attached hydrogen (secondary N) is 3. The molecule has 0 aliphatic heterocycles. The summed E-state index contributed by atoms with van der Waals surface area (Å²) in [5, 5.41) is 22.7. The Balaban J connectivity index is 1.07. The van der Waals surface area contributed by atoms with Crippen molar-refractivity contribution >= 4 is 23.5 Å². The molecule has 3 N–H and O–H groups in total. The van der Waals surface area contributed by atoms with Gasteiger partial charge in [0.2, 0.25) is 5.95 Å².